The molecule has 0 radical (unpaired) electrons. The summed E-state index contributed by atoms with van der Waals surface area (Å²) >= 11 is 0. The van der Waals surface area contributed by atoms with Crippen LogP contribution in [0.3, 0.4) is 0 Å². The first-order valence-corrected chi connectivity index (χ1v) is 9.25. The monoisotopic (exact) mass is 381 g/mol. The van der Waals surface area contributed by atoms with Gasteiger partial charge in [-0.25, -0.2) is 9.50 Å². The minimum absolute atomic E-state index is 0.0991. The Kier molecular flexibility index (Phi) is 4.74. The van der Waals surface area contributed by atoms with E-state index in [1.807, 2.05) is 42.5 Å². The van der Waals surface area contributed by atoms with Crippen LogP contribution in [0.5, 0.6) is 5.75 Å². The van der Waals surface area contributed by atoms with Crippen molar-refractivity contribution in [3.8, 4) is 5.75 Å². The van der Waals surface area contributed by atoms with Crippen molar-refractivity contribution < 1.29 is 14.6 Å². The Morgan fingerprint density at radius 2 is 2.00 bits per heavy atom. The molecular weight excluding hydrogens is 358 g/mol. The van der Waals surface area contributed by atoms with Crippen LogP contribution in [0.4, 0.5) is 5.69 Å². The number of likely N-dealkylation sites (N-methyl/N-ethyl adjacent to an activating group) is 1. The molecular formula is C20H23N5O3. The Balaban J connectivity index is 1.57. The molecule has 2 atom stereocenters. The van der Waals surface area contributed by atoms with E-state index >= 15 is 0 Å². The maximum absolute atomic E-state index is 12.8. The Morgan fingerprint density at radius 1 is 1.21 bits per heavy atom. The molecule has 1 aliphatic heterocycles. The number of aliphatic hydroxyl groups is 1. The van der Waals surface area contributed by atoms with Gasteiger partial charge < -0.3 is 14.7 Å². The van der Waals surface area contributed by atoms with E-state index in [2.05, 4.69) is 29.2 Å². The highest BCUT2D eigenvalue weighted by atomic mass is 16.5. The van der Waals surface area contributed by atoms with Crippen molar-refractivity contribution in [2.75, 3.05) is 18.6 Å². The van der Waals surface area contributed by atoms with Crippen molar-refractivity contribution in [2.24, 2.45) is 0 Å². The lowest BCUT2D eigenvalue weighted by Gasteiger charge is -2.21. The van der Waals surface area contributed by atoms with E-state index in [4.69, 9.17) is 4.74 Å². The molecule has 0 fully saturated rings. The van der Waals surface area contributed by atoms with Crippen LogP contribution in [-0.4, -0.2) is 45.3 Å². The van der Waals surface area contributed by atoms with Crippen molar-refractivity contribution in [1.82, 2.24) is 19.9 Å². The Hall–Kier alpha value is -2.97. The van der Waals surface area contributed by atoms with Gasteiger partial charge in [0.1, 0.15) is 18.4 Å². The fraction of sp³-hybridized carbons (Fsp3) is 0.350. The van der Waals surface area contributed by atoms with Crippen molar-refractivity contribution in [3.05, 3.63) is 54.0 Å². The summed E-state index contributed by atoms with van der Waals surface area (Å²) < 4.78 is 7.49. The van der Waals surface area contributed by atoms with Gasteiger partial charge in [0, 0.05) is 12.7 Å². The number of rotatable bonds is 4. The number of carbonyl (C=O) groups excluding carboxylic acids is 1. The number of fused-ring (bicyclic) bond motifs is 2. The van der Waals surface area contributed by atoms with Gasteiger partial charge in [-0.1, -0.05) is 32.0 Å². The number of aromatic nitrogens is 3. The van der Waals surface area contributed by atoms with Gasteiger partial charge in [0.2, 0.25) is 5.91 Å². The van der Waals surface area contributed by atoms with Gasteiger partial charge in [-0.05, 0) is 30.2 Å². The van der Waals surface area contributed by atoms with Gasteiger partial charge >= 0.3 is 0 Å². The molecule has 1 unspecified atom stereocenters. The normalized spacial score (nSPS) is 18.1. The minimum Gasteiger partial charge on any atom is -0.489 e. The maximum Gasteiger partial charge on any atom is 0.247 e. The standard InChI is InChI=1S/C20H23N5O3/c1-12(2)14-8-6-10-17-22-18(23-25(14)17)19(26)21-13-11-28-16-9-5-4-7-15(16)24(3)20(13)27/h4-10,12-13,19,21,26H,11H2,1-3H3/t13-,19?/m0/s1. The molecule has 3 heterocycles. The van der Waals surface area contributed by atoms with E-state index in [0.29, 0.717) is 17.1 Å². The van der Waals surface area contributed by atoms with E-state index in [-0.39, 0.29) is 24.3 Å². The first-order valence-electron chi connectivity index (χ1n) is 9.25. The number of ether oxygens (including phenoxy) is 1. The molecule has 2 N–H and O–H groups in total. The van der Waals surface area contributed by atoms with Crippen LogP contribution in [0.15, 0.2) is 42.5 Å². The summed E-state index contributed by atoms with van der Waals surface area (Å²) in [7, 11) is 1.69. The third kappa shape index (κ3) is 3.21. The van der Waals surface area contributed by atoms with Crippen LogP contribution < -0.4 is 15.0 Å². The van der Waals surface area contributed by atoms with E-state index in [1.54, 1.807) is 11.6 Å². The van der Waals surface area contributed by atoms with Crippen LogP contribution in [0.25, 0.3) is 5.65 Å². The summed E-state index contributed by atoms with van der Waals surface area (Å²) in [5, 5.41) is 18.0. The number of aliphatic hydroxyl groups excluding tert-OH is 1. The average molecular weight is 381 g/mol. The predicted octanol–water partition coefficient (Wildman–Crippen LogP) is 1.86. The number of amides is 1. The first kappa shape index (κ1) is 18.4. The Morgan fingerprint density at radius 3 is 2.79 bits per heavy atom. The molecule has 8 heteroatoms. The number of para-hydroxylation sites is 2. The van der Waals surface area contributed by atoms with Gasteiger partial charge in [0.25, 0.3) is 0 Å². The lowest BCUT2D eigenvalue weighted by atomic mass is 10.1. The van der Waals surface area contributed by atoms with Gasteiger partial charge in [0.15, 0.2) is 17.7 Å². The molecule has 2 aromatic heterocycles. The zero-order valence-corrected chi connectivity index (χ0v) is 16.0. The van der Waals surface area contributed by atoms with E-state index in [9.17, 15) is 9.90 Å². The fourth-order valence-corrected chi connectivity index (χ4v) is 3.33. The highest BCUT2D eigenvalue weighted by Crippen LogP contribution is 2.30. The maximum atomic E-state index is 12.8. The quantitative estimate of drug-likeness (QED) is 0.670. The van der Waals surface area contributed by atoms with Crippen molar-refractivity contribution in [2.45, 2.75) is 32.0 Å². The minimum atomic E-state index is -1.20. The van der Waals surface area contributed by atoms with Crippen LogP contribution in [0, 0.1) is 0 Å². The smallest absolute Gasteiger partial charge is 0.247 e. The number of nitrogens with zero attached hydrogens (tertiary/aromatic N) is 4. The molecule has 0 bridgehead atoms. The molecule has 8 nitrogen and oxygen atoms in total. The summed E-state index contributed by atoms with van der Waals surface area (Å²) in [6, 6.07) is 12.3. The van der Waals surface area contributed by atoms with Gasteiger partial charge in [0.05, 0.1) is 5.69 Å². The molecule has 0 aliphatic carbocycles. The molecule has 146 valence electrons. The zero-order valence-electron chi connectivity index (χ0n) is 16.0. The van der Waals surface area contributed by atoms with Crippen LogP contribution >= 0.6 is 0 Å². The second kappa shape index (κ2) is 7.21. The molecule has 1 amide bonds. The third-order valence-corrected chi connectivity index (χ3v) is 4.86. The summed E-state index contributed by atoms with van der Waals surface area (Å²) in [5.41, 5.74) is 2.33. The SMILES string of the molecule is CC(C)c1cccc2nc(C(O)N[C@H]3COc4ccccc4N(C)C3=O)nn12. The topological polar surface area (TPSA) is 92.0 Å². The number of benzene rings is 1. The fourth-order valence-electron chi connectivity index (χ4n) is 3.33. The number of hydrogen-bond donors (Lipinski definition) is 2. The molecule has 1 aliphatic rings. The second-order valence-corrected chi connectivity index (χ2v) is 7.14. The first-order chi connectivity index (χ1) is 13.5. The molecule has 4 rings (SSSR count). The molecule has 0 saturated carbocycles. The largest absolute Gasteiger partial charge is 0.489 e. The summed E-state index contributed by atoms with van der Waals surface area (Å²) in [6.07, 6.45) is -1.20. The third-order valence-electron chi connectivity index (χ3n) is 4.86. The van der Waals surface area contributed by atoms with Crippen LogP contribution in [-0.2, 0) is 4.79 Å². The molecule has 3 aromatic rings. The lowest BCUT2D eigenvalue weighted by molar-refractivity contribution is -0.121. The highest BCUT2D eigenvalue weighted by molar-refractivity contribution is 5.98. The van der Waals surface area contributed by atoms with Crippen molar-refractivity contribution >= 4 is 17.2 Å². The van der Waals surface area contributed by atoms with Crippen molar-refractivity contribution in [3.63, 3.8) is 0 Å². The van der Waals surface area contributed by atoms with E-state index in [0.717, 1.165) is 5.69 Å². The summed E-state index contributed by atoms with van der Waals surface area (Å²) in [5.74, 6) is 0.901. The van der Waals surface area contributed by atoms with Crippen molar-refractivity contribution in [1.29, 1.82) is 0 Å². The average Bonchev–Trinajstić information content (AvgIpc) is 3.10. The summed E-state index contributed by atoms with van der Waals surface area (Å²) in [4.78, 5) is 18.7. The zero-order chi connectivity index (χ0) is 19.8. The lowest BCUT2D eigenvalue weighted by Crippen LogP contribution is -2.48. The van der Waals surface area contributed by atoms with Crippen LogP contribution in [0.1, 0.15) is 37.5 Å². The van der Waals surface area contributed by atoms with Crippen LogP contribution in [0.2, 0.25) is 0 Å². The molecule has 0 saturated heterocycles. The molecule has 1 aromatic carbocycles. The predicted molar refractivity (Wildman–Crippen MR) is 104 cm³/mol. The van der Waals surface area contributed by atoms with Gasteiger partial charge in [-0.3, -0.25) is 10.1 Å². The number of pyridine rings is 1. The summed E-state index contributed by atoms with van der Waals surface area (Å²) in [6.45, 7) is 4.24. The molecule has 0 spiro atoms. The van der Waals surface area contributed by atoms with Gasteiger partial charge in [-0.15, -0.1) is 5.10 Å². The second-order valence-electron chi connectivity index (χ2n) is 7.14. The number of anilines is 1. The number of carbonyl (C=O) groups is 1. The van der Waals surface area contributed by atoms with Gasteiger partial charge in [-0.2, -0.15) is 0 Å². The Labute approximate surface area is 162 Å². The van der Waals surface area contributed by atoms with E-state index in [1.165, 1.54) is 4.90 Å². The number of hydrogen-bond acceptors (Lipinski definition) is 6. The number of nitrogens with one attached hydrogen (secondary N) is 1. The highest BCUT2D eigenvalue weighted by Gasteiger charge is 2.31. The molecule has 28 heavy (non-hydrogen) atoms. The van der Waals surface area contributed by atoms with E-state index < -0.39 is 12.3 Å². The Bertz CT molecular complexity index is 1020.